The molecule has 0 unspecified atom stereocenters. The van der Waals surface area contributed by atoms with Crippen molar-refractivity contribution >= 4 is 43.4 Å². The highest BCUT2D eigenvalue weighted by Crippen LogP contribution is 2.43. The number of rotatable bonds is 6. The van der Waals surface area contributed by atoms with E-state index in [0.717, 1.165) is 93.4 Å². The number of pyridine rings is 3. The largest absolute Gasteiger partial charge is 0.264 e. The Balaban J connectivity index is 1.21. The Hall–Kier alpha value is -7.96. The Morgan fingerprint density at radius 3 is 1.31 bits per heavy atom. The first-order chi connectivity index (χ1) is 28.7. The average molecular weight is 741 g/mol. The summed E-state index contributed by atoms with van der Waals surface area (Å²) >= 11 is 0. The Labute approximate surface area is 334 Å². The van der Waals surface area contributed by atoms with Gasteiger partial charge in [-0.1, -0.05) is 121 Å². The molecule has 0 saturated heterocycles. The van der Waals surface area contributed by atoms with Crippen LogP contribution in [0.2, 0.25) is 0 Å². The van der Waals surface area contributed by atoms with Crippen molar-refractivity contribution in [3.8, 4) is 67.5 Å². The molecule has 0 N–H and O–H groups in total. The summed E-state index contributed by atoms with van der Waals surface area (Å²) in [6.07, 6.45) is 7.38. The number of hydrogen-bond donors (Lipinski definition) is 0. The Morgan fingerprint density at radius 1 is 0.293 bits per heavy atom. The highest BCUT2D eigenvalue weighted by atomic mass is 15.0. The molecular formula is C52H32N6. The third-order valence-electron chi connectivity index (χ3n) is 10.8. The molecule has 4 heterocycles. The van der Waals surface area contributed by atoms with Crippen LogP contribution in [-0.4, -0.2) is 29.9 Å². The van der Waals surface area contributed by atoms with Crippen LogP contribution in [0.3, 0.4) is 0 Å². The number of fused-ring (bicyclic) bond motifs is 4. The average Bonchev–Trinajstić information content (AvgIpc) is 3.30. The third-order valence-corrected chi connectivity index (χ3v) is 10.8. The van der Waals surface area contributed by atoms with Gasteiger partial charge in [0.05, 0.1) is 11.0 Å². The summed E-state index contributed by atoms with van der Waals surface area (Å²) in [5.74, 6) is 1.77. The number of aromatic nitrogens is 6. The van der Waals surface area contributed by atoms with Gasteiger partial charge < -0.3 is 0 Å². The summed E-state index contributed by atoms with van der Waals surface area (Å²) in [6.45, 7) is 0. The molecule has 0 saturated carbocycles. The second-order valence-electron chi connectivity index (χ2n) is 14.4. The summed E-state index contributed by atoms with van der Waals surface area (Å²) in [7, 11) is 0. The number of benzene rings is 7. The van der Waals surface area contributed by atoms with Crippen LogP contribution in [0.15, 0.2) is 195 Å². The molecule has 6 heteroatoms. The van der Waals surface area contributed by atoms with Crippen molar-refractivity contribution in [2.24, 2.45) is 0 Å². The molecule has 0 atom stereocenters. The highest BCUT2D eigenvalue weighted by Gasteiger charge is 2.19. The molecule has 0 fully saturated rings. The second-order valence-corrected chi connectivity index (χ2v) is 14.4. The molecule has 270 valence electrons. The molecule has 0 aliphatic heterocycles. The lowest BCUT2D eigenvalue weighted by Gasteiger charge is -2.17. The standard InChI is InChI=1S/C52H32N6/c1-2-11-34(12-3-1)50-56-51(35-22-20-33(21-23-35)38-15-8-24-53-32-38)58-52(57-50)41-28-39(48-42-16-6-4-13-36(42)30-46-44(48)18-9-25-54-46)27-40(29-41)49-43-17-7-5-14-37(43)31-47-45(49)19-10-26-55-47/h1-32H. The third kappa shape index (κ3) is 5.92. The van der Waals surface area contributed by atoms with Gasteiger partial charge in [-0.3, -0.25) is 15.0 Å². The van der Waals surface area contributed by atoms with Crippen LogP contribution < -0.4 is 0 Å². The first-order valence-electron chi connectivity index (χ1n) is 19.2. The minimum atomic E-state index is 0.577. The van der Waals surface area contributed by atoms with E-state index >= 15 is 0 Å². The van der Waals surface area contributed by atoms with Crippen molar-refractivity contribution in [1.29, 1.82) is 0 Å². The molecule has 0 amide bonds. The Morgan fingerprint density at radius 2 is 0.741 bits per heavy atom. The molecule has 58 heavy (non-hydrogen) atoms. The van der Waals surface area contributed by atoms with Crippen molar-refractivity contribution in [3.63, 3.8) is 0 Å². The van der Waals surface area contributed by atoms with Crippen molar-refractivity contribution in [3.05, 3.63) is 195 Å². The fourth-order valence-corrected chi connectivity index (χ4v) is 8.14. The van der Waals surface area contributed by atoms with Gasteiger partial charge in [0.1, 0.15) is 0 Å². The SMILES string of the molecule is c1ccc(-c2nc(-c3ccc(-c4cccnc4)cc3)nc(-c3cc(-c4c5ccccc5cc5ncccc45)cc(-c4c5ccccc5cc5ncccc45)c3)n2)cc1. The summed E-state index contributed by atoms with van der Waals surface area (Å²) < 4.78 is 0. The van der Waals surface area contributed by atoms with Gasteiger partial charge in [-0.2, -0.15) is 0 Å². The zero-order valence-corrected chi connectivity index (χ0v) is 31.2. The monoisotopic (exact) mass is 740 g/mol. The van der Waals surface area contributed by atoms with E-state index in [1.807, 2.05) is 67.1 Å². The molecule has 0 aliphatic rings. The van der Waals surface area contributed by atoms with Gasteiger partial charge in [-0.25, -0.2) is 15.0 Å². The van der Waals surface area contributed by atoms with Crippen LogP contribution >= 0.6 is 0 Å². The summed E-state index contributed by atoms with van der Waals surface area (Å²) in [6, 6.07) is 59.0. The minimum Gasteiger partial charge on any atom is -0.264 e. The zero-order valence-electron chi connectivity index (χ0n) is 31.2. The predicted molar refractivity (Wildman–Crippen MR) is 236 cm³/mol. The van der Waals surface area contributed by atoms with Crippen LogP contribution in [0, 0.1) is 0 Å². The van der Waals surface area contributed by atoms with Crippen molar-refractivity contribution in [1.82, 2.24) is 29.9 Å². The maximum Gasteiger partial charge on any atom is 0.164 e. The van der Waals surface area contributed by atoms with Crippen LogP contribution in [0.5, 0.6) is 0 Å². The maximum absolute atomic E-state index is 5.26. The summed E-state index contributed by atoms with van der Waals surface area (Å²) in [5, 5.41) is 6.68. The second kappa shape index (κ2) is 14.0. The van der Waals surface area contributed by atoms with Gasteiger partial charge in [0.15, 0.2) is 17.5 Å². The van der Waals surface area contributed by atoms with Crippen LogP contribution in [0.25, 0.3) is 111 Å². The predicted octanol–water partition coefficient (Wildman–Crippen LogP) is 12.7. The van der Waals surface area contributed by atoms with Crippen LogP contribution in [0.4, 0.5) is 0 Å². The van der Waals surface area contributed by atoms with E-state index in [2.05, 4.69) is 126 Å². The molecule has 7 aromatic carbocycles. The van der Waals surface area contributed by atoms with E-state index in [0.29, 0.717) is 17.5 Å². The number of hydrogen-bond acceptors (Lipinski definition) is 6. The molecule has 0 spiro atoms. The first-order valence-corrected chi connectivity index (χ1v) is 19.2. The normalized spacial score (nSPS) is 11.4. The topological polar surface area (TPSA) is 77.3 Å². The van der Waals surface area contributed by atoms with Crippen molar-refractivity contribution in [2.45, 2.75) is 0 Å². The van der Waals surface area contributed by atoms with Gasteiger partial charge in [0.25, 0.3) is 0 Å². The molecule has 0 bridgehead atoms. The highest BCUT2D eigenvalue weighted by molar-refractivity contribution is 6.15. The van der Waals surface area contributed by atoms with Crippen molar-refractivity contribution in [2.75, 3.05) is 0 Å². The lowest BCUT2D eigenvalue weighted by molar-refractivity contribution is 1.07. The molecule has 11 aromatic rings. The van der Waals surface area contributed by atoms with Gasteiger partial charge in [0.2, 0.25) is 0 Å². The van der Waals surface area contributed by atoms with Gasteiger partial charge >= 0.3 is 0 Å². The lowest BCUT2D eigenvalue weighted by atomic mass is 9.88. The summed E-state index contributed by atoms with van der Waals surface area (Å²) in [5.41, 5.74) is 11.0. The van der Waals surface area contributed by atoms with Crippen LogP contribution in [-0.2, 0) is 0 Å². The fourth-order valence-electron chi connectivity index (χ4n) is 8.14. The molecule has 11 rings (SSSR count). The maximum atomic E-state index is 5.26. The quantitative estimate of drug-likeness (QED) is 0.158. The van der Waals surface area contributed by atoms with Gasteiger partial charge in [-0.05, 0) is 103 Å². The smallest absolute Gasteiger partial charge is 0.164 e. The minimum absolute atomic E-state index is 0.577. The van der Waals surface area contributed by atoms with E-state index in [1.165, 1.54) is 0 Å². The fraction of sp³-hybridized carbons (Fsp3) is 0. The van der Waals surface area contributed by atoms with Gasteiger partial charge in [-0.15, -0.1) is 0 Å². The van der Waals surface area contributed by atoms with E-state index in [-0.39, 0.29) is 0 Å². The number of nitrogens with zero attached hydrogens (tertiary/aromatic N) is 6. The van der Waals surface area contributed by atoms with Gasteiger partial charge in [0, 0.05) is 52.3 Å². The zero-order chi connectivity index (χ0) is 38.4. The molecular weight excluding hydrogens is 709 g/mol. The Bertz CT molecular complexity index is 3080. The van der Waals surface area contributed by atoms with E-state index in [4.69, 9.17) is 24.9 Å². The molecule has 4 aromatic heterocycles. The first kappa shape index (κ1) is 33.4. The molecule has 0 radical (unpaired) electrons. The molecule has 6 nitrogen and oxygen atoms in total. The summed E-state index contributed by atoms with van der Waals surface area (Å²) in [4.78, 5) is 29.5. The lowest BCUT2D eigenvalue weighted by Crippen LogP contribution is -2.01. The van der Waals surface area contributed by atoms with E-state index in [1.54, 1.807) is 6.20 Å². The molecule has 0 aliphatic carbocycles. The van der Waals surface area contributed by atoms with Crippen molar-refractivity contribution < 1.29 is 0 Å². The van der Waals surface area contributed by atoms with Crippen LogP contribution in [0.1, 0.15) is 0 Å². The Kier molecular flexibility index (Phi) is 8.04. The van der Waals surface area contributed by atoms with E-state index < -0.39 is 0 Å². The van der Waals surface area contributed by atoms with E-state index in [9.17, 15) is 0 Å².